The summed E-state index contributed by atoms with van der Waals surface area (Å²) in [6.07, 6.45) is -3.39. The average molecular weight is 541 g/mol. The number of carbonyl (C=O) groups is 1. The van der Waals surface area contributed by atoms with E-state index in [4.69, 9.17) is 11.6 Å². The Kier molecular flexibility index (Phi) is 7.03. The Balaban J connectivity index is 1.60. The molecule has 1 heterocycles. The van der Waals surface area contributed by atoms with Gasteiger partial charge in [0, 0.05) is 49.2 Å². The molecule has 4 rings (SSSR count). The summed E-state index contributed by atoms with van der Waals surface area (Å²) >= 11 is 6.22. The summed E-state index contributed by atoms with van der Waals surface area (Å²) in [4.78, 5) is 16.9. The second-order valence-electron chi connectivity index (χ2n) is 8.43. The van der Waals surface area contributed by atoms with Crippen LogP contribution in [0.1, 0.15) is 15.9 Å². The lowest BCUT2D eigenvalue weighted by atomic mass is 9.98. The molecule has 0 bridgehead atoms. The number of nitrogens with zero attached hydrogens (tertiary/aromatic N) is 2. The van der Waals surface area contributed by atoms with Gasteiger partial charge < -0.3 is 9.80 Å². The van der Waals surface area contributed by atoms with Crippen molar-refractivity contribution in [3.05, 3.63) is 82.6 Å². The van der Waals surface area contributed by atoms with Crippen LogP contribution in [-0.2, 0) is 16.0 Å². The minimum Gasteiger partial charge on any atom is -0.368 e. The second kappa shape index (κ2) is 9.74. The van der Waals surface area contributed by atoms with E-state index in [0.717, 1.165) is 24.5 Å². The number of rotatable bonds is 4. The van der Waals surface area contributed by atoms with E-state index in [1.54, 1.807) is 4.90 Å². The van der Waals surface area contributed by atoms with Gasteiger partial charge in [0.2, 0.25) is 0 Å². The van der Waals surface area contributed by atoms with Crippen molar-refractivity contribution >= 4 is 33.0 Å². The zero-order chi connectivity index (χ0) is 26.3. The topological polar surface area (TPSA) is 57.7 Å². The third-order valence-electron chi connectivity index (χ3n) is 6.00. The molecule has 1 fully saturated rings. The predicted octanol–water partition coefficient (Wildman–Crippen LogP) is 5.53. The Labute approximate surface area is 210 Å². The summed E-state index contributed by atoms with van der Waals surface area (Å²) in [6.45, 7) is 1.27. The summed E-state index contributed by atoms with van der Waals surface area (Å²) in [5, 5.41) is 0.0725. The van der Waals surface area contributed by atoms with Crippen LogP contribution in [0.2, 0.25) is 5.02 Å². The zero-order valence-electron chi connectivity index (χ0n) is 19.0. The van der Waals surface area contributed by atoms with E-state index in [9.17, 15) is 30.8 Å². The van der Waals surface area contributed by atoms with Crippen LogP contribution >= 0.6 is 11.6 Å². The quantitative estimate of drug-likeness (QED) is 0.408. The lowest BCUT2D eigenvalue weighted by molar-refractivity contribution is -0.137. The van der Waals surface area contributed by atoms with Gasteiger partial charge >= 0.3 is 6.18 Å². The van der Waals surface area contributed by atoms with Gasteiger partial charge in [0.25, 0.3) is 5.91 Å². The Morgan fingerprint density at radius 1 is 0.889 bits per heavy atom. The zero-order valence-corrected chi connectivity index (χ0v) is 20.6. The second-order valence-corrected chi connectivity index (χ2v) is 10.9. The highest BCUT2D eigenvalue weighted by molar-refractivity contribution is 7.90. The molecule has 0 radical (unpaired) electrons. The number of hydrogen-bond acceptors (Lipinski definition) is 4. The van der Waals surface area contributed by atoms with Gasteiger partial charge in [-0.05, 0) is 60.2 Å². The van der Waals surface area contributed by atoms with E-state index >= 15 is 0 Å². The Morgan fingerprint density at radius 2 is 1.50 bits per heavy atom. The van der Waals surface area contributed by atoms with Gasteiger partial charge in [-0.25, -0.2) is 12.8 Å². The van der Waals surface area contributed by atoms with E-state index in [1.165, 1.54) is 42.5 Å². The number of hydrogen-bond donors (Lipinski definition) is 0. The van der Waals surface area contributed by atoms with Gasteiger partial charge in [0.15, 0.2) is 9.84 Å². The summed E-state index contributed by atoms with van der Waals surface area (Å²) in [6, 6.07) is 12.7. The molecule has 36 heavy (non-hydrogen) atoms. The van der Waals surface area contributed by atoms with E-state index in [-0.39, 0.29) is 28.6 Å². The summed E-state index contributed by atoms with van der Waals surface area (Å²) in [5.41, 5.74) is 0.715. The lowest BCUT2D eigenvalue weighted by Gasteiger charge is -2.36. The molecule has 0 unspecified atom stereocenters. The van der Waals surface area contributed by atoms with Gasteiger partial charge in [-0.2, -0.15) is 13.2 Å². The number of benzene rings is 3. The monoisotopic (exact) mass is 540 g/mol. The molecular weight excluding hydrogens is 520 g/mol. The highest BCUT2D eigenvalue weighted by atomic mass is 35.5. The molecule has 3 aromatic rings. The van der Waals surface area contributed by atoms with Crippen LogP contribution in [0.5, 0.6) is 0 Å². The van der Waals surface area contributed by atoms with E-state index < -0.39 is 33.3 Å². The number of alkyl halides is 3. The molecule has 5 nitrogen and oxygen atoms in total. The summed E-state index contributed by atoms with van der Waals surface area (Å²) in [5.74, 6) is -0.980. The highest BCUT2D eigenvalue weighted by Crippen LogP contribution is 2.34. The smallest absolute Gasteiger partial charge is 0.368 e. The van der Waals surface area contributed by atoms with E-state index in [2.05, 4.69) is 0 Å². The fraction of sp³-hybridized carbons (Fsp3) is 0.240. The Morgan fingerprint density at radius 3 is 2.06 bits per heavy atom. The fourth-order valence-corrected chi connectivity index (χ4v) is 4.99. The van der Waals surface area contributed by atoms with Crippen LogP contribution in [-0.4, -0.2) is 51.7 Å². The molecule has 3 aromatic carbocycles. The van der Waals surface area contributed by atoms with Crippen LogP contribution in [0.25, 0.3) is 11.1 Å². The van der Waals surface area contributed by atoms with Crippen molar-refractivity contribution in [2.24, 2.45) is 0 Å². The van der Waals surface area contributed by atoms with Gasteiger partial charge in [-0.1, -0.05) is 17.7 Å². The first kappa shape index (κ1) is 26.0. The summed E-state index contributed by atoms with van der Waals surface area (Å²) < 4.78 is 76.4. The minimum atomic E-state index is -4.42. The fourth-order valence-electron chi connectivity index (χ4n) is 4.07. The first-order valence-electron chi connectivity index (χ1n) is 10.9. The molecule has 0 aromatic heterocycles. The third-order valence-corrected chi connectivity index (χ3v) is 7.42. The van der Waals surface area contributed by atoms with Crippen LogP contribution in [0.3, 0.4) is 0 Å². The largest absolute Gasteiger partial charge is 0.416 e. The van der Waals surface area contributed by atoms with Gasteiger partial charge in [0.1, 0.15) is 5.82 Å². The first-order valence-corrected chi connectivity index (χ1v) is 13.1. The molecule has 0 spiro atoms. The molecule has 0 aliphatic carbocycles. The normalized spacial score (nSPS) is 14.7. The minimum absolute atomic E-state index is 0.0452. The molecule has 190 valence electrons. The highest BCUT2D eigenvalue weighted by Gasteiger charge is 2.31. The van der Waals surface area contributed by atoms with Crippen molar-refractivity contribution < 1.29 is 30.8 Å². The Hall–Kier alpha value is -3.11. The molecule has 0 N–H and O–H groups in total. The van der Waals surface area contributed by atoms with Crippen molar-refractivity contribution in [3.63, 3.8) is 0 Å². The maximum atomic E-state index is 13.6. The molecular formula is C25H21ClF4N2O3S. The molecule has 1 aliphatic heterocycles. The SMILES string of the molecule is CS(=O)(=O)c1ccc(-c2ccc(F)cc2Cl)c(C(=O)N2CCN(c3ccc(C(F)(F)F)cc3)CC2)c1. The maximum absolute atomic E-state index is 13.6. The van der Waals surface area contributed by atoms with Crippen molar-refractivity contribution in [1.82, 2.24) is 4.90 Å². The lowest BCUT2D eigenvalue weighted by Crippen LogP contribution is -2.49. The van der Waals surface area contributed by atoms with E-state index in [1.807, 2.05) is 4.90 Å². The number of halogens is 5. The number of anilines is 1. The van der Waals surface area contributed by atoms with Gasteiger partial charge in [-0.15, -0.1) is 0 Å². The van der Waals surface area contributed by atoms with Crippen molar-refractivity contribution in [2.75, 3.05) is 37.3 Å². The van der Waals surface area contributed by atoms with Crippen molar-refractivity contribution in [3.8, 4) is 11.1 Å². The van der Waals surface area contributed by atoms with Crippen LogP contribution in [0.15, 0.2) is 65.6 Å². The molecule has 0 atom stereocenters. The number of sulfone groups is 1. The third kappa shape index (κ3) is 5.49. The van der Waals surface area contributed by atoms with Crippen LogP contribution < -0.4 is 4.90 Å². The molecule has 11 heteroatoms. The number of carbonyl (C=O) groups excluding carboxylic acids is 1. The predicted molar refractivity (Wildman–Crippen MR) is 130 cm³/mol. The maximum Gasteiger partial charge on any atom is 0.416 e. The standard InChI is InChI=1S/C25H21ClF4N2O3S/c1-36(34,35)19-7-9-20(21-8-4-17(27)14-23(21)26)22(15-19)24(33)32-12-10-31(11-13-32)18-5-2-16(3-6-18)25(28,29)30/h2-9,14-15H,10-13H2,1H3. The number of piperazine rings is 1. The van der Waals surface area contributed by atoms with Gasteiger partial charge in [-0.3, -0.25) is 4.79 Å². The summed E-state index contributed by atoms with van der Waals surface area (Å²) in [7, 11) is -3.62. The van der Waals surface area contributed by atoms with Crippen LogP contribution in [0.4, 0.5) is 23.2 Å². The van der Waals surface area contributed by atoms with E-state index in [0.29, 0.717) is 29.9 Å². The van der Waals surface area contributed by atoms with Crippen LogP contribution in [0, 0.1) is 5.82 Å². The van der Waals surface area contributed by atoms with Crippen molar-refractivity contribution in [1.29, 1.82) is 0 Å². The first-order chi connectivity index (χ1) is 16.8. The Bertz CT molecular complexity index is 1400. The molecule has 1 amide bonds. The average Bonchev–Trinajstić information content (AvgIpc) is 2.82. The number of amides is 1. The van der Waals surface area contributed by atoms with Gasteiger partial charge in [0.05, 0.1) is 15.5 Å². The molecule has 1 aliphatic rings. The molecule has 1 saturated heterocycles. The molecule has 0 saturated carbocycles. The van der Waals surface area contributed by atoms with Crippen molar-refractivity contribution in [2.45, 2.75) is 11.1 Å².